The zero-order valence-corrected chi connectivity index (χ0v) is 12.9. The van der Waals surface area contributed by atoms with Crippen molar-refractivity contribution in [2.45, 2.75) is 46.6 Å². The van der Waals surface area contributed by atoms with E-state index in [1.54, 1.807) is 6.92 Å². The summed E-state index contributed by atoms with van der Waals surface area (Å²) in [5.74, 6) is 0.993. The van der Waals surface area contributed by atoms with E-state index in [-0.39, 0.29) is 11.9 Å². The monoisotopic (exact) mass is 287 g/mol. The van der Waals surface area contributed by atoms with Crippen LogP contribution in [0.1, 0.15) is 47.8 Å². The molecule has 0 aliphatic carbocycles. The zero-order chi connectivity index (χ0) is 15.4. The van der Waals surface area contributed by atoms with E-state index in [4.69, 9.17) is 4.52 Å². The number of carbonyl (C=O) groups is 1. The molecule has 0 spiro atoms. The number of hydrogen-bond donors (Lipinski definition) is 1. The van der Waals surface area contributed by atoms with Gasteiger partial charge < -0.3 is 9.84 Å². The maximum Gasteiger partial charge on any atom is 0.248 e. The predicted octanol–water partition coefficient (Wildman–Crippen LogP) is 2.80. The summed E-state index contributed by atoms with van der Waals surface area (Å²) in [6, 6.07) is 6.03. The Labute approximate surface area is 124 Å². The van der Waals surface area contributed by atoms with E-state index >= 15 is 0 Å². The number of carbonyl (C=O) groups excluding carboxylic acids is 1. The number of aryl methyl sites for hydroxylation is 4. The Kier molecular flexibility index (Phi) is 4.73. The lowest BCUT2D eigenvalue weighted by molar-refractivity contribution is -0.121. The molecule has 0 radical (unpaired) electrons. The van der Waals surface area contributed by atoms with Crippen LogP contribution in [0.25, 0.3) is 0 Å². The van der Waals surface area contributed by atoms with Crippen LogP contribution in [0.15, 0.2) is 22.7 Å². The molecule has 2 aromatic rings. The molecule has 0 bridgehead atoms. The Balaban J connectivity index is 1.87. The molecule has 112 valence electrons. The fourth-order valence-electron chi connectivity index (χ4n) is 2.24. The first kappa shape index (κ1) is 15.2. The molecule has 0 saturated heterocycles. The van der Waals surface area contributed by atoms with Crippen LogP contribution in [0.4, 0.5) is 0 Å². The van der Waals surface area contributed by atoms with Crippen molar-refractivity contribution < 1.29 is 9.32 Å². The smallest absolute Gasteiger partial charge is 0.248 e. The Hall–Kier alpha value is -2.17. The quantitative estimate of drug-likeness (QED) is 0.918. The van der Waals surface area contributed by atoms with Crippen LogP contribution in [0.2, 0.25) is 0 Å². The van der Waals surface area contributed by atoms with Gasteiger partial charge in [-0.05, 0) is 45.2 Å². The Bertz CT molecular complexity index is 634. The second kappa shape index (κ2) is 6.52. The normalized spacial score (nSPS) is 12.2. The minimum Gasteiger partial charge on any atom is -0.345 e. The SMILES string of the molecule is Cc1ccc(CCC(=O)N[C@@H](C)c2nc(C)no2)c(C)c1. The van der Waals surface area contributed by atoms with E-state index in [0.717, 1.165) is 6.42 Å². The van der Waals surface area contributed by atoms with Crippen LogP contribution < -0.4 is 5.32 Å². The van der Waals surface area contributed by atoms with E-state index in [9.17, 15) is 4.79 Å². The van der Waals surface area contributed by atoms with Gasteiger partial charge >= 0.3 is 0 Å². The second-order valence-corrected chi connectivity index (χ2v) is 5.40. The third-order valence-corrected chi connectivity index (χ3v) is 3.41. The number of rotatable bonds is 5. The minimum absolute atomic E-state index is 0.0154. The van der Waals surface area contributed by atoms with Crippen LogP contribution in [0, 0.1) is 20.8 Å². The summed E-state index contributed by atoms with van der Waals surface area (Å²) < 4.78 is 5.05. The van der Waals surface area contributed by atoms with E-state index in [1.165, 1.54) is 16.7 Å². The minimum atomic E-state index is -0.266. The van der Waals surface area contributed by atoms with E-state index in [1.807, 2.05) is 6.92 Å². The molecule has 1 atom stereocenters. The molecule has 1 aromatic carbocycles. The molecule has 21 heavy (non-hydrogen) atoms. The Morgan fingerprint density at radius 1 is 1.33 bits per heavy atom. The highest BCUT2D eigenvalue weighted by molar-refractivity contribution is 5.76. The Morgan fingerprint density at radius 2 is 2.10 bits per heavy atom. The first-order chi connectivity index (χ1) is 9.95. The molecular formula is C16H21N3O2. The maximum atomic E-state index is 12.0. The van der Waals surface area contributed by atoms with Crippen molar-refractivity contribution in [1.82, 2.24) is 15.5 Å². The Morgan fingerprint density at radius 3 is 2.71 bits per heavy atom. The third-order valence-electron chi connectivity index (χ3n) is 3.41. The van der Waals surface area contributed by atoms with Crippen molar-refractivity contribution in [2.75, 3.05) is 0 Å². The highest BCUT2D eigenvalue weighted by atomic mass is 16.5. The van der Waals surface area contributed by atoms with Crippen LogP contribution in [-0.4, -0.2) is 16.0 Å². The molecule has 2 rings (SSSR count). The highest BCUT2D eigenvalue weighted by Crippen LogP contribution is 2.13. The summed E-state index contributed by atoms with van der Waals surface area (Å²) in [5.41, 5.74) is 3.67. The summed E-state index contributed by atoms with van der Waals surface area (Å²) in [4.78, 5) is 16.1. The lowest BCUT2D eigenvalue weighted by Crippen LogP contribution is -2.27. The summed E-state index contributed by atoms with van der Waals surface area (Å²) in [5, 5.41) is 6.60. The fraction of sp³-hybridized carbons (Fsp3) is 0.438. The van der Waals surface area contributed by atoms with Crippen molar-refractivity contribution in [3.8, 4) is 0 Å². The van der Waals surface area contributed by atoms with Gasteiger partial charge in [0.15, 0.2) is 5.82 Å². The molecule has 1 amide bonds. The molecule has 0 aliphatic heterocycles. The van der Waals surface area contributed by atoms with Gasteiger partial charge in [0.1, 0.15) is 6.04 Å². The van der Waals surface area contributed by atoms with Gasteiger partial charge in [0.05, 0.1) is 0 Å². The molecular weight excluding hydrogens is 266 g/mol. The number of benzene rings is 1. The molecule has 0 saturated carbocycles. The van der Waals surface area contributed by atoms with Crippen LogP contribution in [-0.2, 0) is 11.2 Å². The molecule has 1 N–H and O–H groups in total. The number of hydrogen-bond acceptors (Lipinski definition) is 4. The molecule has 5 nitrogen and oxygen atoms in total. The second-order valence-electron chi connectivity index (χ2n) is 5.40. The average molecular weight is 287 g/mol. The lowest BCUT2D eigenvalue weighted by atomic mass is 10.0. The van der Waals surface area contributed by atoms with Gasteiger partial charge in [0.2, 0.25) is 11.8 Å². The van der Waals surface area contributed by atoms with Crippen molar-refractivity contribution in [3.63, 3.8) is 0 Å². The first-order valence-electron chi connectivity index (χ1n) is 7.11. The fourth-order valence-corrected chi connectivity index (χ4v) is 2.24. The third kappa shape index (κ3) is 4.15. The van der Waals surface area contributed by atoms with Crippen molar-refractivity contribution in [1.29, 1.82) is 0 Å². The van der Waals surface area contributed by atoms with Gasteiger partial charge in [-0.15, -0.1) is 0 Å². The topological polar surface area (TPSA) is 68.0 Å². The number of aromatic nitrogens is 2. The van der Waals surface area contributed by atoms with Crippen LogP contribution >= 0.6 is 0 Å². The summed E-state index contributed by atoms with van der Waals surface area (Å²) in [7, 11) is 0. The zero-order valence-electron chi connectivity index (χ0n) is 12.9. The molecule has 1 heterocycles. The molecule has 0 unspecified atom stereocenters. The summed E-state index contributed by atoms with van der Waals surface area (Å²) >= 11 is 0. The molecule has 1 aromatic heterocycles. The highest BCUT2D eigenvalue weighted by Gasteiger charge is 2.15. The molecule has 5 heteroatoms. The predicted molar refractivity (Wildman–Crippen MR) is 79.8 cm³/mol. The maximum absolute atomic E-state index is 12.0. The van der Waals surface area contributed by atoms with Gasteiger partial charge in [-0.1, -0.05) is 28.9 Å². The lowest BCUT2D eigenvalue weighted by Gasteiger charge is -2.10. The number of nitrogens with zero attached hydrogens (tertiary/aromatic N) is 2. The van der Waals surface area contributed by atoms with Gasteiger partial charge in [-0.3, -0.25) is 4.79 Å². The molecule has 0 aliphatic rings. The first-order valence-corrected chi connectivity index (χ1v) is 7.11. The summed E-state index contributed by atoms with van der Waals surface area (Å²) in [6.45, 7) is 7.73. The van der Waals surface area contributed by atoms with Crippen molar-refractivity contribution in [2.24, 2.45) is 0 Å². The van der Waals surface area contributed by atoms with E-state index < -0.39 is 0 Å². The summed E-state index contributed by atoms with van der Waals surface area (Å²) in [6.07, 6.45) is 1.18. The van der Waals surface area contributed by atoms with Gasteiger partial charge in [0, 0.05) is 6.42 Å². The average Bonchev–Trinajstić information content (AvgIpc) is 2.84. The van der Waals surface area contributed by atoms with Crippen LogP contribution in [0.5, 0.6) is 0 Å². The number of nitrogens with one attached hydrogen (secondary N) is 1. The van der Waals surface area contributed by atoms with E-state index in [2.05, 4.69) is 47.5 Å². The van der Waals surface area contributed by atoms with Gasteiger partial charge in [-0.2, -0.15) is 4.98 Å². The van der Waals surface area contributed by atoms with Gasteiger partial charge in [0.25, 0.3) is 0 Å². The van der Waals surface area contributed by atoms with Crippen molar-refractivity contribution >= 4 is 5.91 Å². The van der Waals surface area contributed by atoms with Crippen LogP contribution in [0.3, 0.4) is 0 Å². The van der Waals surface area contributed by atoms with E-state index in [0.29, 0.717) is 18.1 Å². The largest absolute Gasteiger partial charge is 0.345 e. The van der Waals surface area contributed by atoms with Crippen molar-refractivity contribution in [3.05, 3.63) is 46.6 Å². The standard InChI is InChI=1S/C16H21N3O2/c1-10-5-6-14(11(2)9-10)7-8-15(20)17-12(3)16-18-13(4)19-21-16/h5-6,9,12H,7-8H2,1-4H3,(H,17,20)/t12-/m0/s1. The molecule has 0 fully saturated rings. The van der Waals surface area contributed by atoms with Gasteiger partial charge in [-0.25, -0.2) is 0 Å². The number of amides is 1.